The molecule has 0 saturated carbocycles. The van der Waals surface area contributed by atoms with E-state index in [1.54, 1.807) is 18.2 Å². The first-order valence-electron chi connectivity index (χ1n) is 5.34. The number of rotatable bonds is 3. The van der Waals surface area contributed by atoms with E-state index in [1.807, 2.05) is 6.92 Å². The van der Waals surface area contributed by atoms with E-state index in [0.29, 0.717) is 5.56 Å². The van der Waals surface area contributed by atoms with Gasteiger partial charge in [-0.25, -0.2) is 4.79 Å². The lowest BCUT2D eigenvalue weighted by molar-refractivity contribution is -0.0349. The molecule has 2 rings (SSSR count). The Bertz CT molecular complexity index is 434. The highest BCUT2D eigenvalue weighted by atomic mass is 32.2. The molecule has 1 heterocycles. The number of carbonyl (C=O) groups is 1. The first-order chi connectivity index (χ1) is 8.09. The van der Waals surface area contributed by atoms with E-state index in [2.05, 4.69) is 0 Å². The zero-order valence-corrected chi connectivity index (χ0v) is 10.2. The molecule has 4 nitrogen and oxygen atoms in total. The van der Waals surface area contributed by atoms with Crippen molar-refractivity contribution in [1.29, 1.82) is 0 Å². The summed E-state index contributed by atoms with van der Waals surface area (Å²) in [6.07, 6.45) is 0.00833. The van der Waals surface area contributed by atoms with Gasteiger partial charge in [-0.1, -0.05) is 18.2 Å². The van der Waals surface area contributed by atoms with Crippen molar-refractivity contribution in [3.63, 3.8) is 0 Å². The van der Waals surface area contributed by atoms with E-state index >= 15 is 0 Å². The fourth-order valence-corrected chi connectivity index (χ4v) is 3.19. The molecule has 0 aliphatic carbocycles. The van der Waals surface area contributed by atoms with Gasteiger partial charge in [0.15, 0.2) is 4.93 Å². The minimum atomic E-state index is -1.00. The summed E-state index contributed by atoms with van der Waals surface area (Å²) < 4.78 is 5.72. The van der Waals surface area contributed by atoms with Crippen LogP contribution in [0.4, 0.5) is 0 Å². The number of hydrogen-bond acceptors (Lipinski definition) is 4. The van der Waals surface area contributed by atoms with Crippen LogP contribution in [0.3, 0.4) is 0 Å². The minimum absolute atomic E-state index is 0.00833. The Kier molecular flexibility index (Phi) is 3.42. The molecule has 1 fully saturated rings. The van der Waals surface area contributed by atoms with Gasteiger partial charge in [0.25, 0.3) is 0 Å². The second-order valence-electron chi connectivity index (χ2n) is 4.00. The summed E-state index contributed by atoms with van der Waals surface area (Å²) in [5.74, 6) is -0.258. The normalized spacial score (nSPS) is 28.2. The van der Waals surface area contributed by atoms with Crippen molar-refractivity contribution < 1.29 is 19.7 Å². The SMILES string of the molecule is C[C@H]1CS[C@@](CO)(c2ccccc2C(=O)O)O1. The Balaban J connectivity index is 2.48. The predicted octanol–water partition coefficient (Wildman–Crippen LogP) is 1.68. The van der Waals surface area contributed by atoms with Gasteiger partial charge in [0.1, 0.15) is 0 Å². The van der Waals surface area contributed by atoms with Crippen LogP contribution >= 0.6 is 11.8 Å². The molecule has 0 amide bonds. The number of hydrogen-bond donors (Lipinski definition) is 2. The highest BCUT2D eigenvalue weighted by molar-refractivity contribution is 8.00. The summed E-state index contributed by atoms with van der Waals surface area (Å²) in [4.78, 5) is 10.2. The average Bonchev–Trinajstić information content (AvgIpc) is 2.72. The van der Waals surface area contributed by atoms with Gasteiger partial charge >= 0.3 is 5.97 Å². The second kappa shape index (κ2) is 4.68. The predicted molar refractivity (Wildman–Crippen MR) is 65.2 cm³/mol. The molecule has 1 aromatic carbocycles. The van der Waals surface area contributed by atoms with E-state index in [4.69, 9.17) is 9.84 Å². The van der Waals surface area contributed by atoms with Crippen LogP contribution in [-0.2, 0) is 9.67 Å². The molecule has 0 spiro atoms. The molecule has 17 heavy (non-hydrogen) atoms. The number of aliphatic hydroxyl groups excluding tert-OH is 1. The Morgan fingerprint density at radius 1 is 1.59 bits per heavy atom. The molecule has 5 heteroatoms. The van der Waals surface area contributed by atoms with Crippen molar-refractivity contribution >= 4 is 17.7 Å². The van der Waals surface area contributed by atoms with Gasteiger partial charge in [0.2, 0.25) is 0 Å². The van der Waals surface area contributed by atoms with Gasteiger partial charge in [-0.3, -0.25) is 0 Å². The lowest BCUT2D eigenvalue weighted by atomic mass is 10.0. The molecule has 0 unspecified atom stereocenters. The van der Waals surface area contributed by atoms with Crippen LogP contribution in [0.1, 0.15) is 22.8 Å². The standard InChI is InChI=1S/C12H14O4S/c1-8-6-17-12(7-13,16-8)10-5-3-2-4-9(10)11(14)15/h2-5,8,13H,6-7H2,1H3,(H,14,15)/t8-,12-/m0/s1. The van der Waals surface area contributed by atoms with E-state index in [1.165, 1.54) is 17.8 Å². The van der Waals surface area contributed by atoms with E-state index in [-0.39, 0.29) is 18.3 Å². The van der Waals surface area contributed by atoms with Crippen molar-refractivity contribution in [2.75, 3.05) is 12.4 Å². The Hall–Kier alpha value is -1.04. The first-order valence-corrected chi connectivity index (χ1v) is 6.33. The maximum Gasteiger partial charge on any atom is 0.336 e. The Morgan fingerprint density at radius 2 is 2.29 bits per heavy atom. The van der Waals surface area contributed by atoms with Crippen LogP contribution < -0.4 is 0 Å². The van der Waals surface area contributed by atoms with Gasteiger partial charge in [0.05, 0.1) is 18.3 Å². The smallest absolute Gasteiger partial charge is 0.336 e. The number of aromatic carboxylic acids is 1. The topological polar surface area (TPSA) is 66.8 Å². The van der Waals surface area contributed by atoms with Gasteiger partial charge in [0, 0.05) is 11.3 Å². The Morgan fingerprint density at radius 3 is 2.82 bits per heavy atom. The maximum atomic E-state index is 11.2. The van der Waals surface area contributed by atoms with Gasteiger partial charge < -0.3 is 14.9 Å². The highest BCUT2D eigenvalue weighted by Gasteiger charge is 2.42. The van der Waals surface area contributed by atoms with Crippen molar-refractivity contribution in [2.45, 2.75) is 18.0 Å². The summed E-state index contributed by atoms with van der Waals surface area (Å²) in [6, 6.07) is 6.65. The summed E-state index contributed by atoms with van der Waals surface area (Å²) in [5, 5.41) is 18.7. The molecule has 0 radical (unpaired) electrons. The number of aliphatic hydroxyl groups is 1. The summed E-state index contributed by atoms with van der Waals surface area (Å²) in [6.45, 7) is 1.68. The van der Waals surface area contributed by atoms with Crippen molar-refractivity contribution in [1.82, 2.24) is 0 Å². The summed E-state index contributed by atoms with van der Waals surface area (Å²) >= 11 is 1.45. The number of benzene rings is 1. The van der Waals surface area contributed by atoms with Crippen LogP contribution in [0.15, 0.2) is 24.3 Å². The molecule has 0 aromatic heterocycles. The van der Waals surface area contributed by atoms with Crippen LogP contribution in [0.25, 0.3) is 0 Å². The number of carboxylic acid groups (broad SMARTS) is 1. The van der Waals surface area contributed by atoms with E-state index in [0.717, 1.165) is 5.75 Å². The molecule has 2 N–H and O–H groups in total. The van der Waals surface area contributed by atoms with Gasteiger partial charge in [-0.05, 0) is 13.0 Å². The minimum Gasteiger partial charge on any atom is -0.478 e. The average molecular weight is 254 g/mol. The van der Waals surface area contributed by atoms with Gasteiger partial charge in [-0.2, -0.15) is 0 Å². The zero-order valence-electron chi connectivity index (χ0n) is 9.42. The summed E-state index contributed by atoms with van der Waals surface area (Å²) in [5.41, 5.74) is 0.715. The third-order valence-corrected chi connectivity index (χ3v) is 4.27. The molecule has 92 valence electrons. The highest BCUT2D eigenvalue weighted by Crippen LogP contribution is 2.45. The Labute approximate surface area is 104 Å². The maximum absolute atomic E-state index is 11.2. The number of ether oxygens (including phenoxy) is 1. The van der Waals surface area contributed by atoms with Crippen LogP contribution in [0.2, 0.25) is 0 Å². The number of thioether (sulfide) groups is 1. The van der Waals surface area contributed by atoms with Crippen molar-refractivity contribution in [3.8, 4) is 0 Å². The van der Waals surface area contributed by atoms with Crippen LogP contribution in [0, 0.1) is 0 Å². The largest absolute Gasteiger partial charge is 0.478 e. The second-order valence-corrected chi connectivity index (χ2v) is 5.28. The lowest BCUT2D eigenvalue weighted by Gasteiger charge is -2.27. The fraction of sp³-hybridized carbons (Fsp3) is 0.417. The molecule has 0 bridgehead atoms. The monoisotopic (exact) mass is 254 g/mol. The van der Waals surface area contributed by atoms with Crippen molar-refractivity contribution in [3.05, 3.63) is 35.4 Å². The molecule has 1 aliphatic heterocycles. The molecular weight excluding hydrogens is 240 g/mol. The number of carboxylic acids is 1. The van der Waals surface area contributed by atoms with E-state index < -0.39 is 10.9 Å². The fourth-order valence-electron chi connectivity index (χ4n) is 1.96. The van der Waals surface area contributed by atoms with Crippen LogP contribution in [-0.4, -0.2) is 34.6 Å². The summed E-state index contributed by atoms with van der Waals surface area (Å²) in [7, 11) is 0. The zero-order chi connectivity index (χ0) is 12.5. The quantitative estimate of drug-likeness (QED) is 0.859. The van der Waals surface area contributed by atoms with Crippen LogP contribution in [0.5, 0.6) is 0 Å². The van der Waals surface area contributed by atoms with E-state index in [9.17, 15) is 9.90 Å². The van der Waals surface area contributed by atoms with Gasteiger partial charge in [-0.15, -0.1) is 11.8 Å². The molecule has 1 aromatic rings. The molecule has 1 saturated heterocycles. The first kappa shape index (κ1) is 12.4. The molecular formula is C12H14O4S. The third-order valence-electron chi connectivity index (χ3n) is 2.72. The van der Waals surface area contributed by atoms with Crippen molar-refractivity contribution in [2.24, 2.45) is 0 Å². The molecule has 1 aliphatic rings. The molecule has 2 atom stereocenters. The lowest BCUT2D eigenvalue weighted by Crippen LogP contribution is -2.29. The third kappa shape index (κ3) is 2.18.